The molecule has 1 saturated heterocycles. The van der Waals surface area contributed by atoms with Crippen LogP contribution in [0.15, 0.2) is 72.4 Å². The molecule has 4 aliphatic heterocycles. The van der Waals surface area contributed by atoms with Crippen molar-refractivity contribution in [3.8, 4) is 0 Å². The monoisotopic (exact) mass is 275 g/mol. The molecule has 0 radical (unpaired) electrons. The molecule has 100 valence electrons. The highest BCUT2D eigenvalue weighted by atomic mass is 16.4. The summed E-state index contributed by atoms with van der Waals surface area (Å²) < 4.78 is 6.67. The summed E-state index contributed by atoms with van der Waals surface area (Å²) in [5.41, 5.74) is 0.529. The van der Waals surface area contributed by atoms with Gasteiger partial charge in [0.1, 0.15) is 0 Å². The number of fused-ring (bicyclic) bond motifs is 6. The van der Waals surface area contributed by atoms with Gasteiger partial charge in [-0.15, -0.1) is 0 Å². The Kier molecular flexibility index (Phi) is 2.90. The van der Waals surface area contributed by atoms with Crippen molar-refractivity contribution < 1.29 is 10.0 Å². The summed E-state index contributed by atoms with van der Waals surface area (Å²) in [6.07, 6.45) is 16.0. The first kappa shape index (κ1) is 12.7. The molecule has 21 heavy (non-hydrogen) atoms. The molecule has 0 aromatic rings. The second-order valence-electron chi connectivity index (χ2n) is 5.39. The maximum Gasteiger partial charge on any atom is 0.487 e. The molecule has 5 nitrogen and oxygen atoms in total. The zero-order valence-corrected chi connectivity index (χ0v) is 11.4. The summed E-state index contributed by atoms with van der Waals surface area (Å²) in [6.45, 7) is 0.222. The van der Waals surface area contributed by atoms with E-state index in [2.05, 4.69) is 32.3 Å². The molecule has 0 bridgehead atoms. The molecule has 0 aliphatic carbocycles. The van der Waals surface area contributed by atoms with Gasteiger partial charge in [0.25, 0.3) is 0 Å². The summed E-state index contributed by atoms with van der Waals surface area (Å²) in [5.74, 6) is 6.20. The van der Waals surface area contributed by atoms with Crippen molar-refractivity contribution in [2.24, 2.45) is 0 Å². The predicted octanol–water partition coefficient (Wildman–Crippen LogP) is -0.379. The quantitative estimate of drug-likeness (QED) is 0.639. The largest absolute Gasteiger partial charge is 0.487 e. The van der Waals surface area contributed by atoms with Crippen LogP contribution in [0.4, 0.5) is 0 Å². The molecule has 0 unspecified atom stereocenters. The van der Waals surface area contributed by atoms with Crippen LogP contribution >= 0.6 is 0 Å². The van der Waals surface area contributed by atoms with Gasteiger partial charge in [0.2, 0.25) is 0 Å². The second-order valence-corrected chi connectivity index (χ2v) is 5.39. The van der Waals surface area contributed by atoms with Crippen molar-refractivity contribution in [2.75, 3.05) is 0 Å². The lowest BCUT2D eigenvalue weighted by atomic mass is 9.41. The Bertz CT molecular complexity index is 610. The Morgan fingerprint density at radius 3 is 1.95 bits per heavy atom. The van der Waals surface area contributed by atoms with Gasteiger partial charge in [-0.1, -0.05) is 30.1 Å². The van der Waals surface area contributed by atoms with Gasteiger partial charge in [-0.2, -0.15) is 0 Å². The van der Waals surface area contributed by atoms with E-state index in [9.17, 15) is 10.0 Å². The fourth-order valence-electron chi connectivity index (χ4n) is 3.23. The van der Waals surface area contributed by atoms with Crippen LogP contribution in [0.5, 0.6) is 0 Å². The molecule has 4 rings (SSSR count). The van der Waals surface area contributed by atoms with Gasteiger partial charge < -0.3 is 24.2 Å². The highest BCUT2D eigenvalue weighted by Gasteiger charge is 2.49. The normalized spacial score (nSPS) is 21.5. The standard InChI is InChI=1S/C12H13B4N3O2/c20-16(21)12-5-10-19-14-7-1-3-8-17(14)13-6-2-4-9-18(13)15(19)11-12/h1-11,20-21H. The molecule has 4 heterocycles. The highest BCUT2D eigenvalue weighted by molar-refractivity contribution is 6.92. The number of hydrogen-bond acceptors (Lipinski definition) is 5. The van der Waals surface area contributed by atoms with Crippen molar-refractivity contribution in [2.45, 2.75) is 0 Å². The van der Waals surface area contributed by atoms with Gasteiger partial charge in [0, 0.05) is 0 Å². The second kappa shape index (κ2) is 4.79. The molecule has 0 aromatic carbocycles. The van der Waals surface area contributed by atoms with Crippen LogP contribution in [0, 0.1) is 0 Å². The Balaban J connectivity index is 1.76. The topological polar surface area (TPSA) is 50.2 Å². The van der Waals surface area contributed by atoms with E-state index in [0.29, 0.717) is 5.47 Å². The summed E-state index contributed by atoms with van der Waals surface area (Å²) in [5, 5.41) is 18.9. The maximum atomic E-state index is 9.43. The first-order chi connectivity index (χ1) is 10.3. The minimum absolute atomic E-state index is 0.0320. The summed E-state index contributed by atoms with van der Waals surface area (Å²) >= 11 is 0. The van der Waals surface area contributed by atoms with Gasteiger partial charge in [0.15, 0.2) is 0 Å². The molecule has 0 aromatic heterocycles. The van der Waals surface area contributed by atoms with Crippen LogP contribution in [-0.2, 0) is 0 Å². The van der Waals surface area contributed by atoms with Crippen molar-refractivity contribution in [3.05, 3.63) is 72.4 Å². The molecule has 2 N–H and O–H groups in total. The first-order valence-corrected chi connectivity index (χ1v) is 7.04. The van der Waals surface area contributed by atoms with E-state index in [1.54, 1.807) is 6.08 Å². The molecule has 0 amide bonds. The Morgan fingerprint density at radius 2 is 1.33 bits per heavy atom. The number of hydrogen-bond donors (Lipinski definition) is 2. The number of nitrogens with zero attached hydrogens (tertiary/aromatic N) is 3. The first-order valence-electron chi connectivity index (χ1n) is 7.04. The lowest BCUT2D eigenvalue weighted by Gasteiger charge is -2.53. The Labute approximate surface area is 125 Å². The van der Waals surface area contributed by atoms with E-state index in [-0.39, 0.29) is 20.9 Å². The third-order valence-corrected chi connectivity index (χ3v) is 4.22. The van der Waals surface area contributed by atoms with Gasteiger partial charge in [0.05, 0.1) is 0 Å². The fraction of sp³-hybridized carbons (Fsp3) is 0. The summed E-state index contributed by atoms with van der Waals surface area (Å²) in [7, 11) is -1.44. The van der Waals surface area contributed by atoms with Crippen LogP contribution in [0.3, 0.4) is 0 Å². The van der Waals surface area contributed by atoms with Crippen molar-refractivity contribution in [3.63, 3.8) is 0 Å². The van der Waals surface area contributed by atoms with E-state index in [4.69, 9.17) is 0 Å². The number of allylic oxidation sites excluding steroid dienone is 6. The van der Waals surface area contributed by atoms with Gasteiger partial charge in [-0.05, 0) is 42.3 Å². The van der Waals surface area contributed by atoms with E-state index in [0.717, 1.165) is 0 Å². The smallest absolute Gasteiger partial charge is 0.423 e. The zero-order chi connectivity index (χ0) is 14.4. The van der Waals surface area contributed by atoms with E-state index < -0.39 is 7.12 Å². The summed E-state index contributed by atoms with van der Waals surface area (Å²) in [4.78, 5) is 0. The van der Waals surface area contributed by atoms with Gasteiger partial charge in [-0.25, -0.2) is 0 Å². The minimum Gasteiger partial charge on any atom is -0.423 e. The molecular formula is C12H13B4N3O2. The van der Waals surface area contributed by atoms with Crippen LogP contribution < -0.4 is 0 Å². The van der Waals surface area contributed by atoms with Crippen molar-refractivity contribution in [1.82, 2.24) is 14.2 Å². The molecule has 4 aliphatic rings. The summed E-state index contributed by atoms with van der Waals surface area (Å²) in [6, 6.07) is 0. The van der Waals surface area contributed by atoms with Crippen LogP contribution in [0.25, 0.3) is 0 Å². The van der Waals surface area contributed by atoms with E-state index in [1.807, 2.05) is 42.7 Å². The Morgan fingerprint density at radius 1 is 0.762 bits per heavy atom. The maximum absolute atomic E-state index is 9.43. The lowest BCUT2D eigenvalue weighted by molar-refractivity contribution is 0.420. The fourth-order valence-corrected chi connectivity index (χ4v) is 3.23. The van der Waals surface area contributed by atoms with Gasteiger partial charge in [-0.3, -0.25) is 0 Å². The third-order valence-electron chi connectivity index (χ3n) is 4.22. The lowest BCUT2D eigenvalue weighted by Crippen LogP contribution is -2.73. The van der Waals surface area contributed by atoms with E-state index in [1.165, 1.54) is 0 Å². The van der Waals surface area contributed by atoms with Gasteiger partial charge >= 0.3 is 28.1 Å². The molecule has 0 atom stereocenters. The van der Waals surface area contributed by atoms with E-state index >= 15 is 0 Å². The van der Waals surface area contributed by atoms with Crippen molar-refractivity contribution >= 4 is 28.1 Å². The molecule has 0 saturated carbocycles. The van der Waals surface area contributed by atoms with Crippen molar-refractivity contribution in [1.29, 1.82) is 0 Å². The molecule has 9 heteroatoms. The average Bonchev–Trinajstić information content (AvgIpc) is 2.54. The highest BCUT2D eigenvalue weighted by Crippen LogP contribution is 2.29. The third kappa shape index (κ3) is 1.92. The van der Waals surface area contributed by atoms with Crippen LogP contribution in [0.2, 0.25) is 0 Å². The molecule has 0 spiro atoms. The SMILES string of the molecule is OB(O)C1=CB2N3C=CC=CB3N3C=CC=CB3N2C=C1. The predicted molar refractivity (Wildman–Crippen MR) is 86.8 cm³/mol. The minimum atomic E-state index is -1.44. The molecular weight excluding hydrogens is 261 g/mol. The molecule has 1 fully saturated rings. The Hall–Kier alpha value is -1.98. The zero-order valence-electron chi connectivity index (χ0n) is 11.4. The average molecular weight is 275 g/mol. The van der Waals surface area contributed by atoms with Crippen LogP contribution in [-0.4, -0.2) is 52.3 Å². The van der Waals surface area contributed by atoms with Crippen LogP contribution in [0.1, 0.15) is 0 Å². The number of rotatable bonds is 1.